The first kappa shape index (κ1) is 18.0. The molecule has 0 aliphatic carbocycles. The van der Waals surface area contributed by atoms with Gasteiger partial charge in [-0.1, -0.05) is 18.2 Å². The number of para-hydroxylation sites is 1. The first-order valence-corrected chi connectivity index (χ1v) is 11.6. The fraction of sp³-hybridized carbons (Fsp3) is 0.318. The lowest BCUT2D eigenvalue weighted by Crippen LogP contribution is -2.32. The molecular weight excluding hydrogens is 400 g/mol. The van der Waals surface area contributed by atoms with Crippen LogP contribution in [0.3, 0.4) is 0 Å². The van der Waals surface area contributed by atoms with E-state index in [0.29, 0.717) is 17.3 Å². The quantitative estimate of drug-likeness (QED) is 0.549. The number of nitrogens with one attached hydrogen (secondary N) is 1. The minimum Gasteiger partial charge on any atom is -0.495 e. The van der Waals surface area contributed by atoms with Gasteiger partial charge in [0.1, 0.15) is 5.75 Å². The summed E-state index contributed by atoms with van der Waals surface area (Å²) >= 11 is 0. The number of hydrogen-bond donors (Lipinski definition) is 1. The van der Waals surface area contributed by atoms with Crippen LogP contribution >= 0.6 is 0 Å². The van der Waals surface area contributed by atoms with E-state index in [2.05, 4.69) is 15.0 Å². The predicted molar refractivity (Wildman–Crippen MR) is 114 cm³/mol. The van der Waals surface area contributed by atoms with Crippen LogP contribution < -0.4 is 10.1 Å². The van der Waals surface area contributed by atoms with Crippen LogP contribution in [0.15, 0.2) is 47.5 Å². The van der Waals surface area contributed by atoms with Crippen LogP contribution in [-0.4, -0.2) is 35.3 Å². The van der Waals surface area contributed by atoms with E-state index in [1.54, 1.807) is 31.5 Å². The van der Waals surface area contributed by atoms with Crippen molar-refractivity contribution in [2.45, 2.75) is 36.2 Å². The van der Waals surface area contributed by atoms with Crippen molar-refractivity contribution in [3.05, 3.63) is 53.9 Å². The highest BCUT2D eigenvalue weighted by Gasteiger charge is 2.37. The summed E-state index contributed by atoms with van der Waals surface area (Å²) < 4.78 is 36.1. The molecule has 2 aliphatic heterocycles. The molecule has 0 spiro atoms. The highest BCUT2D eigenvalue weighted by Crippen LogP contribution is 2.44. The second kappa shape index (κ2) is 6.09. The third kappa shape index (κ3) is 2.29. The van der Waals surface area contributed by atoms with Crippen molar-refractivity contribution in [2.24, 2.45) is 7.05 Å². The van der Waals surface area contributed by atoms with E-state index < -0.39 is 10.0 Å². The Bertz CT molecular complexity index is 1430. The summed E-state index contributed by atoms with van der Waals surface area (Å²) in [5, 5.41) is 9.59. The summed E-state index contributed by atoms with van der Waals surface area (Å²) in [6.07, 6.45) is 4.75. The SMILES string of the molecule is COc1cc(S(=O)(=O)n2ncc3ccccc32)cc2c3c(n(C)c12)CC1CCC3N1. The molecule has 7 nitrogen and oxygen atoms in total. The fourth-order valence-corrected chi connectivity index (χ4v) is 6.54. The number of nitrogens with zero attached hydrogens (tertiary/aromatic N) is 3. The number of aromatic nitrogens is 3. The highest BCUT2D eigenvalue weighted by atomic mass is 32.2. The number of benzene rings is 2. The minimum absolute atomic E-state index is 0.189. The molecule has 2 bridgehead atoms. The van der Waals surface area contributed by atoms with E-state index in [1.165, 1.54) is 11.3 Å². The van der Waals surface area contributed by atoms with Gasteiger partial charge in [0.25, 0.3) is 10.0 Å². The van der Waals surface area contributed by atoms with Crippen molar-refractivity contribution in [3.8, 4) is 5.75 Å². The molecule has 2 unspecified atom stereocenters. The largest absolute Gasteiger partial charge is 0.495 e. The van der Waals surface area contributed by atoms with Gasteiger partial charge in [-0.05, 0) is 30.5 Å². The van der Waals surface area contributed by atoms with Gasteiger partial charge in [-0.15, -0.1) is 0 Å². The van der Waals surface area contributed by atoms with Gasteiger partial charge in [-0.2, -0.15) is 17.6 Å². The molecule has 6 rings (SSSR count). The summed E-state index contributed by atoms with van der Waals surface area (Å²) in [7, 11) is -0.248. The molecule has 2 aromatic heterocycles. The monoisotopic (exact) mass is 422 g/mol. The predicted octanol–water partition coefficient (Wildman–Crippen LogP) is 3.12. The molecule has 0 saturated carbocycles. The lowest BCUT2D eigenvalue weighted by atomic mass is 9.99. The molecule has 8 heteroatoms. The van der Waals surface area contributed by atoms with Crippen LogP contribution in [0.25, 0.3) is 21.8 Å². The number of methoxy groups -OCH3 is 1. The summed E-state index contributed by atoms with van der Waals surface area (Å²) in [6.45, 7) is 0. The van der Waals surface area contributed by atoms with Crippen LogP contribution in [0, 0.1) is 0 Å². The Morgan fingerprint density at radius 1 is 1.20 bits per heavy atom. The Morgan fingerprint density at radius 2 is 2.03 bits per heavy atom. The zero-order valence-electron chi connectivity index (χ0n) is 16.8. The van der Waals surface area contributed by atoms with E-state index in [4.69, 9.17) is 4.74 Å². The van der Waals surface area contributed by atoms with Crippen molar-refractivity contribution >= 4 is 31.8 Å². The lowest BCUT2D eigenvalue weighted by molar-refractivity contribution is 0.416. The van der Waals surface area contributed by atoms with Crippen LogP contribution in [-0.2, 0) is 23.5 Å². The van der Waals surface area contributed by atoms with Gasteiger partial charge in [0.15, 0.2) is 0 Å². The van der Waals surface area contributed by atoms with Crippen molar-refractivity contribution in [1.29, 1.82) is 0 Å². The van der Waals surface area contributed by atoms with E-state index in [0.717, 1.165) is 39.6 Å². The van der Waals surface area contributed by atoms with Gasteiger partial charge in [0.2, 0.25) is 0 Å². The van der Waals surface area contributed by atoms with Crippen molar-refractivity contribution in [1.82, 2.24) is 19.1 Å². The highest BCUT2D eigenvalue weighted by molar-refractivity contribution is 7.90. The lowest BCUT2D eigenvalue weighted by Gasteiger charge is -2.23. The molecule has 2 aromatic carbocycles. The van der Waals surface area contributed by atoms with Crippen LogP contribution in [0.2, 0.25) is 0 Å². The molecule has 0 radical (unpaired) electrons. The molecule has 30 heavy (non-hydrogen) atoms. The van der Waals surface area contributed by atoms with Crippen LogP contribution in [0.5, 0.6) is 5.75 Å². The van der Waals surface area contributed by atoms with Crippen molar-refractivity contribution in [3.63, 3.8) is 0 Å². The molecule has 2 atom stereocenters. The second-order valence-electron chi connectivity index (χ2n) is 8.19. The summed E-state index contributed by atoms with van der Waals surface area (Å²) in [5.41, 5.74) is 3.99. The fourth-order valence-electron chi connectivity index (χ4n) is 5.23. The molecule has 2 aliphatic rings. The Morgan fingerprint density at radius 3 is 2.87 bits per heavy atom. The number of ether oxygens (including phenoxy) is 1. The maximum Gasteiger partial charge on any atom is 0.283 e. The molecule has 1 saturated heterocycles. The Balaban J connectivity index is 1.63. The molecule has 0 amide bonds. The van der Waals surface area contributed by atoms with Gasteiger partial charge < -0.3 is 14.6 Å². The zero-order chi connectivity index (χ0) is 20.6. The smallest absolute Gasteiger partial charge is 0.283 e. The van der Waals surface area contributed by atoms with Gasteiger partial charge in [0.05, 0.1) is 29.2 Å². The van der Waals surface area contributed by atoms with E-state index in [1.807, 2.05) is 25.2 Å². The maximum atomic E-state index is 13.6. The summed E-state index contributed by atoms with van der Waals surface area (Å²) in [4.78, 5) is 0.189. The average molecular weight is 423 g/mol. The second-order valence-corrected chi connectivity index (χ2v) is 9.96. The van der Waals surface area contributed by atoms with Gasteiger partial charge in [-0.25, -0.2) is 0 Å². The Hall–Kier alpha value is -2.84. The standard InChI is InChI=1S/C22H22N4O3S/c1-25-19-9-14-7-8-17(24-14)21(19)16-10-15(11-20(29-2)22(16)25)30(27,28)26-18-6-4-3-5-13(18)12-23-26/h3-6,10-12,14,17,24H,7-9H2,1-2H3. The van der Waals surface area contributed by atoms with Crippen LogP contribution in [0.4, 0.5) is 0 Å². The van der Waals surface area contributed by atoms with Gasteiger partial charge in [0, 0.05) is 48.1 Å². The maximum absolute atomic E-state index is 13.6. The number of hydrogen-bond acceptors (Lipinski definition) is 5. The summed E-state index contributed by atoms with van der Waals surface area (Å²) in [5.74, 6) is 0.565. The van der Waals surface area contributed by atoms with Gasteiger partial charge in [-0.3, -0.25) is 0 Å². The molecule has 154 valence electrons. The van der Waals surface area contributed by atoms with E-state index in [-0.39, 0.29) is 10.9 Å². The third-order valence-electron chi connectivity index (χ3n) is 6.61. The first-order valence-electron chi connectivity index (χ1n) is 10.1. The minimum atomic E-state index is -3.88. The number of fused-ring (bicyclic) bond motifs is 7. The topological polar surface area (TPSA) is 78.2 Å². The zero-order valence-corrected chi connectivity index (χ0v) is 17.6. The first-order chi connectivity index (χ1) is 14.5. The van der Waals surface area contributed by atoms with Crippen molar-refractivity contribution in [2.75, 3.05) is 7.11 Å². The van der Waals surface area contributed by atoms with Crippen LogP contribution in [0.1, 0.15) is 30.1 Å². The molecule has 1 fully saturated rings. The van der Waals surface area contributed by atoms with Crippen molar-refractivity contribution < 1.29 is 13.2 Å². The average Bonchev–Trinajstić information content (AvgIpc) is 3.43. The molecule has 4 aromatic rings. The molecule has 1 N–H and O–H groups in total. The Labute approximate surface area is 174 Å². The number of aryl methyl sites for hydroxylation is 1. The normalized spacial score (nSPS) is 20.7. The summed E-state index contributed by atoms with van der Waals surface area (Å²) in [6, 6.07) is 11.5. The third-order valence-corrected chi connectivity index (χ3v) is 8.19. The van der Waals surface area contributed by atoms with Gasteiger partial charge >= 0.3 is 0 Å². The van der Waals surface area contributed by atoms with E-state index in [9.17, 15) is 8.42 Å². The Kier molecular flexibility index (Phi) is 3.65. The molecule has 4 heterocycles. The number of rotatable bonds is 3. The van der Waals surface area contributed by atoms with E-state index >= 15 is 0 Å². The molecular formula is C22H22N4O3S.